The summed E-state index contributed by atoms with van der Waals surface area (Å²) >= 11 is 0. The Morgan fingerprint density at radius 1 is 0.725 bits per heavy atom. The minimum atomic E-state index is -0.725. The van der Waals surface area contributed by atoms with Gasteiger partial charge in [-0.1, -0.05) is 84.9 Å². The number of nitro groups is 1. The highest BCUT2D eigenvalue weighted by Gasteiger charge is 2.18. The van der Waals surface area contributed by atoms with E-state index < -0.39 is 10.9 Å². The first-order valence-electron chi connectivity index (χ1n) is 12.5. The molecule has 0 unspecified atom stereocenters. The van der Waals surface area contributed by atoms with E-state index in [2.05, 4.69) is 30.7 Å². The SMILES string of the molecule is O=[N+]([O-])/C(N=Nc1nc2ccccc2n1Cc1ccccc1)=N\Nc1nc2ccccc2n1Cc1ccccc1. The number of guanidine groups is 1. The minimum Gasteiger partial charge on any atom is -0.390 e. The fraction of sp³-hybridized carbons (Fsp3) is 0.0690. The molecule has 40 heavy (non-hydrogen) atoms. The molecule has 1 N–H and O–H groups in total. The Morgan fingerprint density at radius 2 is 1.25 bits per heavy atom. The molecule has 6 aromatic rings. The van der Waals surface area contributed by atoms with Gasteiger partial charge >= 0.3 is 5.96 Å². The molecule has 0 fully saturated rings. The summed E-state index contributed by atoms with van der Waals surface area (Å²) in [6.07, 6.45) is 0. The summed E-state index contributed by atoms with van der Waals surface area (Å²) in [5.41, 5.74) is 7.96. The van der Waals surface area contributed by atoms with E-state index in [1.807, 2.05) is 118 Å². The monoisotopic (exact) mass is 529 g/mol. The van der Waals surface area contributed by atoms with Crippen LogP contribution in [0.15, 0.2) is 125 Å². The van der Waals surface area contributed by atoms with E-state index >= 15 is 0 Å². The second kappa shape index (κ2) is 11.0. The number of azo groups is 1. The van der Waals surface area contributed by atoms with Crippen LogP contribution < -0.4 is 5.43 Å². The molecule has 6 rings (SSSR count). The lowest BCUT2D eigenvalue weighted by Gasteiger charge is -2.07. The van der Waals surface area contributed by atoms with Gasteiger partial charge in [0.1, 0.15) is 0 Å². The first-order valence-corrected chi connectivity index (χ1v) is 12.5. The van der Waals surface area contributed by atoms with Crippen molar-refractivity contribution in [3.8, 4) is 0 Å². The van der Waals surface area contributed by atoms with Gasteiger partial charge in [0.05, 0.1) is 40.3 Å². The van der Waals surface area contributed by atoms with Crippen molar-refractivity contribution in [3.05, 3.63) is 130 Å². The van der Waals surface area contributed by atoms with Crippen LogP contribution >= 0.6 is 0 Å². The smallest absolute Gasteiger partial charge is 0.390 e. The van der Waals surface area contributed by atoms with Crippen LogP contribution in [0.1, 0.15) is 11.1 Å². The molecule has 0 aliphatic rings. The third kappa shape index (κ3) is 5.16. The van der Waals surface area contributed by atoms with Crippen molar-refractivity contribution in [2.24, 2.45) is 15.3 Å². The average molecular weight is 530 g/mol. The number of fused-ring (bicyclic) bond motifs is 2. The van der Waals surface area contributed by atoms with Crippen LogP contribution in [0.2, 0.25) is 0 Å². The first kappa shape index (κ1) is 24.6. The number of para-hydroxylation sites is 4. The zero-order chi connectivity index (χ0) is 27.3. The van der Waals surface area contributed by atoms with Crippen LogP contribution in [0, 0.1) is 10.1 Å². The zero-order valence-electron chi connectivity index (χ0n) is 21.2. The van der Waals surface area contributed by atoms with Gasteiger partial charge in [0.25, 0.3) is 5.95 Å². The van der Waals surface area contributed by atoms with Gasteiger partial charge in [-0.25, -0.2) is 9.97 Å². The maximum Gasteiger partial charge on any atom is 0.511 e. The van der Waals surface area contributed by atoms with Crippen LogP contribution in [0.4, 0.5) is 11.9 Å². The lowest BCUT2D eigenvalue weighted by Crippen LogP contribution is -2.12. The Labute approximate surface area is 228 Å². The summed E-state index contributed by atoms with van der Waals surface area (Å²) in [5.74, 6) is -0.150. The Kier molecular flexibility index (Phi) is 6.74. The first-order chi connectivity index (χ1) is 19.7. The maximum absolute atomic E-state index is 11.9. The van der Waals surface area contributed by atoms with Gasteiger partial charge < -0.3 is 19.2 Å². The number of rotatable bonds is 7. The van der Waals surface area contributed by atoms with Crippen molar-refractivity contribution < 1.29 is 4.92 Å². The molecule has 0 bridgehead atoms. The average Bonchev–Trinajstić information content (AvgIpc) is 3.51. The molecular formula is C29H23N9O2. The number of hydrogen-bond donors (Lipinski definition) is 1. The number of aromatic nitrogens is 4. The van der Waals surface area contributed by atoms with Crippen molar-refractivity contribution in [1.82, 2.24) is 19.1 Å². The summed E-state index contributed by atoms with van der Waals surface area (Å²) in [6.45, 7) is 0.973. The Hall–Kier alpha value is -5.71. The van der Waals surface area contributed by atoms with Gasteiger partial charge in [-0.2, -0.15) is 5.43 Å². The maximum atomic E-state index is 11.9. The van der Waals surface area contributed by atoms with E-state index in [0.29, 0.717) is 24.6 Å². The predicted octanol–water partition coefficient (Wildman–Crippen LogP) is 6.23. The van der Waals surface area contributed by atoms with Crippen LogP contribution in [0.5, 0.6) is 0 Å². The molecule has 0 saturated carbocycles. The van der Waals surface area contributed by atoms with Crippen molar-refractivity contribution in [1.29, 1.82) is 0 Å². The normalized spacial score (nSPS) is 11.9. The second-order valence-electron chi connectivity index (χ2n) is 8.95. The van der Waals surface area contributed by atoms with Gasteiger partial charge in [-0.05, 0) is 45.4 Å². The molecule has 0 atom stereocenters. The molecule has 0 spiro atoms. The molecule has 0 aliphatic carbocycles. The molecule has 2 heterocycles. The van der Waals surface area contributed by atoms with Crippen molar-refractivity contribution in [2.75, 3.05) is 5.43 Å². The molecule has 0 amide bonds. The number of imidazole rings is 2. The van der Waals surface area contributed by atoms with Crippen LogP contribution in [-0.4, -0.2) is 30.0 Å². The molecule has 0 saturated heterocycles. The van der Waals surface area contributed by atoms with E-state index in [9.17, 15) is 10.1 Å². The number of benzene rings is 4. The van der Waals surface area contributed by atoms with E-state index in [1.54, 1.807) is 0 Å². The number of hydrogen-bond acceptors (Lipinski definition) is 7. The predicted molar refractivity (Wildman–Crippen MR) is 153 cm³/mol. The van der Waals surface area contributed by atoms with Crippen LogP contribution in [-0.2, 0) is 13.1 Å². The van der Waals surface area contributed by atoms with E-state index in [1.165, 1.54) is 0 Å². The lowest BCUT2D eigenvalue weighted by molar-refractivity contribution is -0.352. The summed E-state index contributed by atoms with van der Waals surface area (Å²) in [6, 6.07) is 34.8. The highest BCUT2D eigenvalue weighted by Crippen LogP contribution is 2.24. The Balaban J connectivity index is 1.33. The number of nitrogens with zero attached hydrogens (tertiary/aromatic N) is 8. The highest BCUT2D eigenvalue weighted by atomic mass is 16.6. The molecule has 0 radical (unpaired) electrons. The van der Waals surface area contributed by atoms with Gasteiger partial charge in [-0.3, -0.25) is 0 Å². The van der Waals surface area contributed by atoms with Crippen LogP contribution in [0.25, 0.3) is 22.1 Å². The molecule has 2 aromatic heterocycles. The van der Waals surface area contributed by atoms with Crippen molar-refractivity contribution in [3.63, 3.8) is 0 Å². The van der Waals surface area contributed by atoms with Crippen LogP contribution in [0.3, 0.4) is 0 Å². The third-order valence-corrected chi connectivity index (χ3v) is 6.30. The summed E-state index contributed by atoms with van der Waals surface area (Å²) in [7, 11) is 0. The molecule has 11 heteroatoms. The van der Waals surface area contributed by atoms with Crippen molar-refractivity contribution in [2.45, 2.75) is 13.1 Å². The lowest BCUT2D eigenvalue weighted by atomic mass is 10.2. The second-order valence-corrected chi connectivity index (χ2v) is 8.95. The molecule has 4 aromatic carbocycles. The highest BCUT2D eigenvalue weighted by molar-refractivity contribution is 5.80. The summed E-state index contributed by atoms with van der Waals surface area (Å²) in [4.78, 5) is 20.3. The fourth-order valence-corrected chi connectivity index (χ4v) is 4.44. The zero-order valence-corrected chi connectivity index (χ0v) is 21.2. The molecule has 0 aliphatic heterocycles. The van der Waals surface area contributed by atoms with E-state index in [4.69, 9.17) is 0 Å². The Bertz CT molecular complexity index is 1860. The number of anilines is 1. The molecule has 196 valence electrons. The summed E-state index contributed by atoms with van der Waals surface area (Å²) in [5, 5.41) is 23.8. The molecular weight excluding hydrogens is 506 g/mol. The molecule has 11 nitrogen and oxygen atoms in total. The quantitative estimate of drug-likeness (QED) is 0.0862. The Morgan fingerprint density at radius 3 is 1.88 bits per heavy atom. The third-order valence-electron chi connectivity index (χ3n) is 6.30. The summed E-state index contributed by atoms with van der Waals surface area (Å²) < 4.78 is 3.76. The largest absolute Gasteiger partial charge is 0.511 e. The number of nitrogens with one attached hydrogen (secondary N) is 1. The van der Waals surface area contributed by atoms with Gasteiger partial charge in [0, 0.05) is 5.10 Å². The van der Waals surface area contributed by atoms with E-state index in [-0.39, 0.29) is 5.95 Å². The minimum absolute atomic E-state index is 0.232. The van der Waals surface area contributed by atoms with Gasteiger partial charge in [0.2, 0.25) is 5.95 Å². The van der Waals surface area contributed by atoms with E-state index in [0.717, 1.165) is 27.7 Å². The topological polar surface area (TPSA) is 128 Å². The van der Waals surface area contributed by atoms with Gasteiger partial charge in [-0.15, -0.1) is 0 Å². The van der Waals surface area contributed by atoms with Gasteiger partial charge in [0.15, 0.2) is 0 Å². The fourth-order valence-electron chi connectivity index (χ4n) is 4.44. The number of hydrazone groups is 1. The van der Waals surface area contributed by atoms with Crippen molar-refractivity contribution >= 4 is 39.9 Å². The standard InChI is InChI=1S/C29H23N9O2/c39-38(40)29(34-32-27-30-23-15-7-9-17-25(23)36(27)19-21-11-3-1-4-12-21)35-33-28-31-24-16-8-10-18-26(24)37(28)20-22-13-5-2-6-14-22/h1-18H,19-20H2,(H,30,32)/b34-29-,35-33?.